The number of nitrogens with one attached hydrogen (secondary N) is 2. The molecule has 4 rings (SSSR count). The Morgan fingerprint density at radius 3 is 2.62 bits per heavy atom. The van der Waals surface area contributed by atoms with Gasteiger partial charge in [0.25, 0.3) is 0 Å². The van der Waals surface area contributed by atoms with Crippen molar-refractivity contribution in [3.05, 3.63) is 36.3 Å². The zero-order valence-electron chi connectivity index (χ0n) is 18.1. The average Bonchev–Trinajstić information content (AvgIpc) is 3.34. The fourth-order valence-electron chi connectivity index (χ4n) is 3.80. The van der Waals surface area contributed by atoms with Crippen molar-refractivity contribution in [2.75, 3.05) is 25.0 Å². The van der Waals surface area contributed by atoms with E-state index in [2.05, 4.69) is 30.9 Å². The highest BCUT2D eigenvalue weighted by Gasteiger charge is 2.41. The first-order valence-electron chi connectivity index (χ1n) is 10.6. The largest absolute Gasteiger partial charge is 0.478 e. The van der Waals surface area contributed by atoms with E-state index in [-0.39, 0.29) is 48.6 Å². The van der Waals surface area contributed by atoms with Gasteiger partial charge in [-0.05, 0) is 43.2 Å². The highest BCUT2D eigenvalue weighted by molar-refractivity contribution is 5.92. The first-order valence-corrected chi connectivity index (χ1v) is 10.6. The minimum absolute atomic E-state index is 0.0495. The molecule has 3 heterocycles. The van der Waals surface area contributed by atoms with E-state index >= 15 is 4.39 Å². The summed E-state index contributed by atoms with van der Waals surface area (Å²) >= 11 is 0. The molecule has 9 nitrogen and oxygen atoms in total. The molecule has 2 amide bonds. The van der Waals surface area contributed by atoms with Gasteiger partial charge in [-0.2, -0.15) is 18.4 Å². The Morgan fingerprint density at radius 2 is 2.03 bits per heavy atom. The van der Waals surface area contributed by atoms with Crippen molar-refractivity contribution in [2.24, 2.45) is 5.92 Å². The van der Waals surface area contributed by atoms with Crippen LogP contribution in [0.2, 0.25) is 0 Å². The molecule has 0 atom stereocenters. The van der Waals surface area contributed by atoms with E-state index in [4.69, 9.17) is 4.74 Å². The molecule has 1 fully saturated rings. The number of tetrazole rings is 1. The van der Waals surface area contributed by atoms with E-state index in [1.807, 2.05) is 6.92 Å². The Morgan fingerprint density at radius 1 is 1.26 bits per heavy atom. The van der Waals surface area contributed by atoms with Gasteiger partial charge in [0.2, 0.25) is 11.7 Å². The number of amides is 2. The fourth-order valence-corrected chi connectivity index (χ4v) is 3.80. The van der Waals surface area contributed by atoms with Crippen molar-refractivity contribution in [3.63, 3.8) is 0 Å². The lowest BCUT2D eigenvalue weighted by atomic mass is 9.96. The second-order valence-corrected chi connectivity index (χ2v) is 7.67. The summed E-state index contributed by atoms with van der Waals surface area (Å²) in [6.07, 6.45) is -3.20. The molecule has 0 saturated carbocycles. The second-order valence-electron chi connectivity index (χ2n) is 7.67. The van der Waals surface area contributed by atoms with Gasteiger partial charge >= 0.3 is 12.2 Å². The summed E-state index contributed by atoms with van der Waals surface area (Å²) in [5.41, 5.74) is 0.905. The number of ether oxygens (including phenoxy) is 1. The van der Waals surface area contributed by atoms with Crippen LogP contribution in [0.5, 0.6) is 5.88 Å². The average molecular weight is 479 g/mol. The van der Waals surface area contributed by atoms with Gasteiger partial charge in [-0.15, -0.1) is 10.2 Å². The lowest BCUT2D eigenvalue weighted by Crippen LogP contribution is -2.43. The highest BCUT2D eigenvalue weighted by atomic mass is 19.4. The minimum Gasteiger partial charge on any atom is -0.478 e. The quantitative estimate of drug-likeness (QED) is 0.529. The third kappa shape index (κ3) is 5.07. The predicted octanol–water partition coefficient (Wildman–Crippen LogP) is 4.27. The van der Waals surface area contributed by atoms with Gasteiger partial charge in [-0.1, -0.05) is 0 Å². The van der Waals surface area contributed by atoms with E-state index in [0.717, 1.165) is 6.07 Å². The number of aromatic amines is 1. The van der Waals surface area contributed by atoms with E-state index in [0.29, 0.717) is 18.1 Å². The normalized spacial score (nSPS) is 14.8. The first-order chi connectivity index (χ1) is 16.3. The molecule has 0 aliphatic carbocycles. The number of urea groups is 1. The molecule has 1 aliphatic rings. The van der Waals surface area contributed by atoms with Crippen LogP contribution in [0.3, 0.4) is 0 Å². The van der Waals surface area contributed by atoms with E-state index < -0.39 is 23.9 Å². The van der Waals surface area contributed by atoms with Crippen LogP contribution in [0.1, 0.15) is 19.8 Å². The number of carbonyl (C=O) groups excluding carboxylic acids is 1. The molecule has 0 bridgehead atoms. The second kappa shape index (κ2) is 9.61. The summed E-state index contributed by atoms with van der Waals surface area (Å²) in [6, 6.07) is 5.20. The van der Waals surface area contributed by atoms with Gasteiger partial charge in [0.1, 0.15) is 5.82 Å². The van der Waals surface area contributed by atoms with Crippen LogP contribution in [-0.4, -0.2) is 62.4 Å². The Kier molecular flexibility index (Phi) is 6.61. The lowest BCUT2D eigenvalue weighted by molar-refractivity contribution is -0.183. The monoisotopic (exact) mass is 479 g/mol. The SMILES string of the molecule is CCOc1ccc(-c2c(F)cc(NC(=O)N3CCC(C(F)(F)F)CC3)cc2-c2nn[nH]n2)cn1. The summed E-state index contributed by atoms with van der Waals surface area (Å²) in [4.78, 5) is 18.1. The molecule has 180 valence electrons. The molecule has 34 heavy (non-hydrogen) atoms. The maximum absolute atomic E-state index is 15.3. The molecule has 13 heteroatoms. The van der Waals surface area contributed by atoms with Gasteiger partial charge in [-0.25, -0.2) is 14.2 Å². The Labute approximate surface area is 191 Å². The number of pyridine rings is 1. The summed E-state index contributed by atoms with van der Waals surface area (Å²) in [7, 11) is 0. The summed E-state index contributed by atoms with van der Waals surface area (Å²) in [5, 5.41) is 16.2. The number of anilines is 1. The predicted molar refractivity (Wildman–Crippen MR) is 113 cm³/mol. The molecule has 1 aromatic carbocycles. The van der Waals surface area contributed by atoms with Crippen LogP contribution < -0.4 is 10.1 Å². The van der Waals surface area contributed by atoms with E-state index in [9.17, 15) is 18.0 Å². The number of aromatic nitrogens is 5. The number of nitrogens with zero attached hydrogens (tertiary/aromatic N) is 5. The van der Waals surface area contributed by atoms with Gasteiger partial charge in [0, 0.05) is 47.7 Å². The molecular weight excluding hydrogens is 458 g/mol. The van der Waals surface area contributed by atoms with Crippen molar-refractivity contribution in [1.29, 1.82) is 0 Å². The van der Waals surface area contributed by atoms with Crippen molar-refractivity contribution < 1.29 is 27.1 Å². The van der Waals surface area contributed by atoms with Gasteiger partial charge in [0.15, 0.2) is 0 Å². The van der Waals surface area contributed by atoms with Crippen LogP contribution >= 0.6 is 0 Å². The molecule has 2 aromatic heterocycles. The number of carbonyl (C=O) groups is 1. The Balaban J connectivity index is 1.58. The molecule has 3 aromatic rings. The number of alkyl halides is 3. The molecule has 1 saturated heterocycles. The Hall–Kier alpha value is -3.77. The Bertz CT molecular complexity index is 1130. The van der Waals surface area contributed by atoms with E-state index in [1.165, 1.54) is 17.2 Å². The molecule has 0 unspecified atom stereocenters. The van der Waals surface area contributed by atoms with Crippen molar-refractivity contribution in [1.82, 2.24) is 30.5 Å². The number of rotatable bonds is 5. The van der Waals surface area contributed by atoms with Crippen LogP contribution in [0.15, 0.2) is 30.5 Å². The van der Waals surface area contributed by atoms with Crippen molar-refractivity contribution >= 4 is 11.7 Å². The topological polar surface area (TPSA) is 109 Å². The molecule has 1 aliphatic heterocycles. The number of halogens is 4. The third-order valence-corrected chi connectivity index (χ3v) is 5.49. The van der Waals surface area contributed by atoms with Crippen LogP contribution in [0.25, 0.3) is 22.5 Å². The summed E-state index contributed by atoms with van der Waals surface area (Å²) in [5.74, 6) is -1.64. The maximum Gasteiger partial charge on any atom is 0.391 e. The number of benzene rings is 1. The van der Waals surface area contributed by atoms with Crippen molar-refractivity contribution in [2.45, 2.75) is 25.9 Å². The van der Waals surface area contributed by atoms with Crippen LogP contribution in [0, 0.1) is 11.7 Å². The minimum atomic E-state index is -4.28. The molecular formula is C21H21F4N7O2. The van der Waals surface area contributed by atoms with Gasteiger partial charge in [-0.3, -0.25) is 0 Å². The van der Waals surface area contributed by atoms with Gasteiger partial charge in [0.05, 0.1) is 12.5 Å². The first kappa shape index (κ1) is 23.4. The number of H-pyrrole nitrogens is 1. The number of hydrogen-bond acceptors (Lipinski definition) is 6. The lowest BCUT2D eigenvalue weighted by Gasteiger charge is -2.32. The molecule has 0 radical (unpaired) electrons. The number of hydrogen-bond donors (Lipinski definition) is 2. The zero-order chi connectivity index (χ0) is 24.3. The van der Waals surface area contributed by atoms with Gasteiger partial charge < -0.3 is 15.0 Å². The zero-order valence-corrected chi connectivity index (χ0v) is 18.1. The summed E-state index contributed by atoms with van der Waals surface area (Å²) < 4.78 is 59.3. The number of likely N-dealkylation sites (tertiary alicyclic amines) is 1. The third-order valence-electron chi connectivity index (χ3n) is 5.49. The molecule has 0 spiro atoms. The van der Waals surface area contributed by atoms with Crippen LogP contribution in [0.4, 0.5) is 28.0 Å². The van der Waals surface area contributed by atoms with Crippen molar-refractivity contribution in [3.8, 4) is 28.4 Å². The maximum atomic E-state index is 15.3. The fraction of sp³-hybridized carbons (Fsp3) is 0.381. The van der Waals surface area contributed by atoms with E-state index in [1.54, 1.807) is 12.1 Å². The number of piperidine rings is 1. The standard InChI is InChI=1S/C21H21F4N7O2/c1-2-34-17-4-3-12(11-26-17)18-15(19-28-30-31-29-19)9-14(10-16(18)22)27-20(33)32-7-5-13(6-8-32)21(23,24)25/h3-4,9-11,13H,2,5-8H2,1H3,(H,27,33)(H,28,29,30,31). The molecule has 2 N–H and O–H groups in total. The smallest absolute Gasteiger partial charge is 0.391 e. The summed E-state index contributed by atoms with van der Waals surface area (Å²) in [6.45, 7) is 2.14. The highest BCUT2D eigenvalue weighted by Crippen LogP contribution is 2.36. The van der Waals surface area contributed by atoms with Crippen LogP contribution in [-0.2, 0) is 0 Å².